The van der Waals surface area contributed by atoms with Gasteiger partial charge in [-0.1, -0.05) is 0 Å². The van der Waals surface area contributed by atoms with E-state index in [1.54, 1.807) is 6.92 Å². The Morgan fingerprint density at radius 3 is 2.76 bits per heavy atom. The standard InChI is InChI=1S/C10H14N2O5/c1-4-6(13)8(16-2)7(17-4)5-3-11-10(15)12-9(5)14/h3-4,6-8,13H,1-2H3,(H2,11,12,14,15)/t4-,6-,7+,8-/m1/s1. The number of ether oxygens (including phenoxy) is 2. The number of aliphatic hydroxyl groups excluding tert-OH is 1. The Labute approximate surface area is 96.4 Å². The molecule has 0 spiro atoms. The van der Waals surface area contributed by atoms with Gasteiger partial charge in [-0.3, -0.25) is 9.78 Å². The van der Waals surface area contributed by atoms with Crippen molar-refractivity contribution in [3.05, 3.63) is 32.6 Å². The molecule has 0 saturated carbocycles. The Morgan fingerprint density at radius 2 is 2.18 bits per heavy atom. The van der Waals surface area contributed by atoms with Gasteiger partial charge in [0.1, 0.15) is 18.3 Å². The molecule has 7 nitrogen and oxygen atoms in total. The van der Waals surface area contributed by atoms with Crippen LogP contribution >= 0.6 is 0 Å². The highest BCUT2D eigenvalue weighted by molar-refractivity contribution is 5.13. The van der Waals surface area contributed by atoms with Crippen molar-refractivity contribution in [2.24, 2.45) is 0 Å². The largest absolute Gasteiger partial charge is 0.388 e. The fourth-order valence-electron chi connectivity index (χ4n) is 1.98. The minimum Gasteiger partial charge on any atom is -0.388 e. The Balaban J connectivity index is 2.40. The van der Waals surface area contributed by atoms with Crippen LogP contribution in [0.3, 0.4) is 0 Å². The topological polar surface area (TPSA) is 104 Å². The molecule has 0 bridgehead atoms. The van der Waals surface area contributed by atoms with Crippen molar-refractivity contribution in [2.45, 2.75) is 31.3 Å². The summed E-state index contributed by atoms with van der Waals surface area (Å²) in [5, 5.41) is 9.80. The first-order chi connectivity index (χ1) is 8.04. The number of methoxy groups -OCH3 is 1. The van der Waals surface area contributed by atoms with Gasteiger partial charge in [-0.25, -0.2) is 4.79 Å². The Morgan fingerprint density at radius 1 is 1.47 bits per heavy atom. The van der Waals surface area contributed by atoms with E-state index in [0.717, 1.165) is 0 Å². The zero-order chi connectivity index (χ0) is 12.6. The molecule has 0 aliphatic carbocycles. The molecule has 0 amide bonds. The summed E-state index contributed by atoms with van der Waals surface area (Å²) in [5.74, 6) is 0. The lowest BCUT2D eigenvalue weighted by atomic mass is 10.0. The maximum absolute atomic E-state index is 11.6. The minimum absolute atomic E-state index is 0.236. The summed E-state index contributed by atoms with van der Waals surface area (Å²) in [6.45, 7) is 1.69. The predicted molar refractivity (Wildman–Crippen MR) is 57.8 cm³/mol. The molecular weight excluding hydrogens is 228 g/mol. The number of hydrogen-bond acceptors (Lipinski definition) is 5. The zero-order valence-corrected chi connectivity index (χ0v) is 9.47. The Hall–Kier alpha value is -1.44. The third-order valence-electron chi connectivity index (χ3n) is 2.90. The van der Waals surface area contributed by atoms with Crippen molar-refractivity contribution in [3.63, 3.8) is 0 Å². The van der Waals surface area contributed by atoms with Gasteiger partial charge < -0.3 is 19.6 Å². The number of rotatable bonds is 2. The molecular formula is C10H14N2O5. The number of aromatic amines is 2. The molecule has 17 heavy (non-hydrogen) atoms. The maximum atomic E-state index is 11.6. The number of aromatic nitrogens is 2. The highest BCUT2D eigenvalue weighted by Crippen LogP contribution is 2.33. The molecule has 1 aromatic rings. The first-order valence-corrected chi connectivity index (χ1v) is 5.23. The summed E-state index contributed by atoms with van der Waals surface area (Å²) in [6.07, 6.45) is -1.28. The van der Waals surface area contributed by atoms with Crippen LogP contribution in [0.25, 0.3) is 0 Å². The normalized spacial score (nSPS) is 32.9. The molecule has 1 aliphatic rings. The smallest absolute Gasteiger partial charge is 0.325 e. The lowest BCUT2D eigenvalue weighted by Gasteiger charge is -2.17. The van der Waals surface area contributed by atoms with Crippen molar-refractivity contribution in [1.82, 2.24) is 9.97 Å². The van der Waals surface area contributed by atoms with Gasteiger partial charge >= 0.3 is 5.69 Å². The van der Waals surface area contributed by atoms with Crippen molar-refractivity contribution < 1.29 is 14.6 Å². The van der Waals surface area contributed by atoms with Crippen molar-refractivity contribution >= 4 is 0 Å². The second-order valence-corrected chi connectivity index (χ2v) is 3.98. The maximum Gasteiger partial charge on any atom is 0.325 e. The first kappa shape index (κ1) is 12.0. The van der Waals surface area contributed by atoms with E-state index < -0.39 is 35.7 Å². The van der Waals surface area contributed by atoms with Crippen LogP contribution in [0.5, 0.6) is 0 Å². The minimum atomic E-state index is -0.809. The molecule has 1 fully saturated rings. The molecule has 0 unspecified atom stereocenters. The van der Waals surface area contributed by atoms with Gasteiger partial charge in [0.2, 0.25) is 0 Å². The van der Waals surface area contributed by atoms with Crippen LogP contribution in [0.15, 0.2) is 15.8 Å². The van der Waals surface area contributed by atoms with Crippen LogP contribution in [0, 0.1) is 0 Å². The summed E-state index contributed by atoms with van der Waals surface area (Å²) >= 11 is 0. The van der Waals surface area contributed by atoms with Crippen molar-refractivity contribution in [1.29, 1.82) is 0 Å². The lowest BCUT2D eigenvalue weighted by Crippen LogP contribution is -2.33. The van der Waals surface area contributed by atoms with Gasteiger partial charge in [-0.15, -0.1) is 0 Å². The van der Waals surface area contributed by atoms with Gasteiger partial charge in [-0.05, 0) is 6.92 Å². The second-order valence-electron chi connectivity index (χ2n) is 3.98. The quantitative estimate of drug-likeness (QED) is 0.610. The number of nitrogens with one attached hydrogen (secondary N) is 2. The van der Waals surface area contributed by atoms with E-state index in [2.05, 4.69) is 9.97 Å². The summed E-state index contributed by atoms with van der Waals surface area (Å²) in [6, 6.07) is 0. The molecule has 0 aromatic carbocycles. The third kappa shape index (κ3) is 2.04. The highest BCUT2D eigenvalue weighted by Gasteiger charge is 2.43. The van der Waals surface area contributed by atoms with E-state index in [1.807, 2.05) is 0 Å². The van der Waals surface area contributed by atoms with Gasteiger partial charge in [-0.2, -0.15) is 0 Å². The van der Waals surface area contributed by atoms with E-state index in [4.69, 9.17) is 9.47 Å². The highest BCUT2D eigenvalue weighted by atomic mass is 16.6. The SMILES string of the molecule is CO[C@@H]1[C@H](O)[C@@H](C)O[C@H]1c1c[nH]c(=O)[nH]c1=O. The zero-order valence-electron chi connectivity index (χ0n) is 9.47. The molecule has 3 N–H and O–H groups in total. The van der Waals surface area contributed by atoms with E-state index >= 15 is 0 Å². The molecule has 1 saturated heterocycles. The van der Waals surface area contributed by atoms with E-state index in [9.17, 15) is 14.7 Å². The number of H-pyrrole nitrogens is 2. The number of hydrogen-bond donors (Lipinski definition) is 3. The van der Waals surface area contributed by atoms with Gasteiger partial charge in [0.05, 0.1) is 11.7 Å². The first-order valence-electron chi connectivity index (χ1n) is 5.23. The monoisotopic (exact) mass is 242 g/mol. The molecule has 94 valence electrons. The molecule has 2 heterocycles. The molecule has 7 heteroatoms. The van der Waals surface area contributed by atoms with Crippen LogP contribution in [0.4, 0.5) is 0 Å². The van der Waals surface area contributed by atoms with Crippen LogP contribution in [0.2, 0.25) is 0 Å². The fraction of sp³-hybridized carbons (Fsp3) is 0.600. The molecule has 4 atom stereocenters. The Kier molecular flexibility index (Phi) is 3.14. The molecule has 0 radical (unpaired) electrons. The summed E-state index contributed by atoms with van der Waals surface area (Å²) in [7, 11) is 1.43. The second kappa shape index (κ2) is 4.44. The predicted octanol–water partition coefficient (Wildman–Crippen LogP) is -1.10. The van der Waals surface area contributed by atoms with E-state index in [-0.39, 0.29) is 5.56 Å². The van der Waals surface area contributed by atoms with Crippen molar-refractivity contribution in [2.75, 3.05) is 7.11 Å². The molecule has 1 aromatic heterocycles. The average molecular weight is 242 g/mol. The van der Waals surface area contributed by atoms with Gasteiger partial charge in [0.15, 0.2) is 0 Å². The summed E-state index contributed by atoms with van der Waals surface area (Å²) in [4.78, 5) is 27.0. The molecule has 1 aliphatic heterocycles. The van der Waals surface area contributed by atoms with Crippen LogP contribution in [0.1, 0.15) is 18.6 Å². The van der Waals surface area contributed by atoms with E-state index in [0.29, 0.717) is 0 Å². The summed E-state index contributed by atoms with van der Waals surface area (Å²) in [5.41, 5.74) is -0.888. The summed E-state index contributed by atoms with van der Waals surface area (Å²) < 4.78 is 10.6. The Bertz CT molecular complexity index is 508. The van der Waals surface area contributed by atoms with Crippen molar-refractivity contribution in [3.8, 4) is 0 Å². The average Bonchev–Trinajstić information content (AvgIpc) is 2.55. The van der Waals surface area contributed by atoms with Gasteiger partial charge in [0.25, 0.3) is 5.56 Å². The van der Waals surface area contributed by atoms with Crippen LogP contribution in [-0.2, 0) is 9.47 Å². The third-order valence-corrected chi connectivity index (χ3v) is 2.90. The lowest BCUT2D eigenvalue weighted by molar-refractivity contribution is -0.0123. The number of aliphatic hydroxyl groups is 1. The fourth-order valence-corrected chi connectivity index (χ4v) is 1.98. The van der Waals surface area contributed by atoms with Crippen LogP contribution in [-0.4, -0.2) is 40.5 Å². The van der Waals surface area contributed by atoms with Gasteiger partial charge in [0, 0.05) is 13.3 Å². The van der Waals surface area contributed by atoms with Crippen LogP contribution < -0.4 is 11.2 Å². The molecule has 2 rings (SSSR count). The van der Waals surface area contributed by atoms with E-state index in [1.165, 1.54) is 13.3 Å².